The summed E-state index contributed by atoms with van der Waals surface area (Å²) in [5.74, 6) is 1.84. The Kier molecular flexibility index (Phi) is 1.94. The van der Waals surface area contributed by atoms with Crippen molar-refractivity contribution in [2.75, 3.05) is 0 Å². The van der Waals surface area contributed by atoms with Crippen molar-refractivity contribution in [3.8, 4) is 0 Å². The minimum absolute atomic E-state index is 0.645. The van der Waals surface area contributed by atoms with Crippen molar-refractivity contribution in [3.63, 3.8) is 0 Å². The van der Waals surface area contributed by atoms with Crippen molar-refractivity contribution in [1.82, 2.24) is 0 Å². The fourth-order valence-electron chi connectivity index (χ4n) is 1.76. The number of rotatable bonds is 0. The number of hydrogen-bond acceptors (Lipinski definition) is 0. The van der Waals surface area contributed by atoms with Crippen LogP contribution in [-0.4, -0.2) is 9.65 Å². The molecule has 10 heavy (non-hydrogen) atoms. The SMILES string of the molecule is Br[C@@H]1C=C[C@@H](Br)C2CC1C2. The molecule has 1 saturated carbocycles. The van der Waals surface area contributed by atoms with Crippen LogP contribution in [0.3, 0.4) is 0 Å². The van der Waals surface area contributed by atoms with E-state index in [1.165, 1.54) is 12.8 Å². The van der Waals surface area contributed by atoms with Crippen molar-refractivity contribution < 1.29 is 0 Å². The summed E-state index contributed by atoms with van der Waals surface area (Å²) in [5.41, 5.74) is 0. The second-order valence-corrected chi connectivity index (χ2v) is 5.38. The first-order valence-electron chi connectivity index (χ1n) is 3.74. The zero-order chi connectivity index (χ0) is 7.14. The Morgan fingerprint density at radius 2 is 1.30 bits per heavy atom. The van der Waals surface area contributed by atoms with Gasteiger partial charge in [0.25, 0.3) is 0 Å². The first-order valence-corrected chi connectivity index (χ1v) is 5.57. The average Bonchev–Trinajstić information content (AvgIpc) is 1.95. The van der Waals surface area contributed by atoms with Gasteiger partial charge in [-0.3, -0.25) is 0 Å². The van der Waals surface area contributed by atoms with Gasteiger partial charge in [0.1, 0.15) is 0 Å². The maximum absolute atomic E-state index is 3.66. The summed E-state index contributed by atoms with van der Waals surface area (Å²) in [7, 11) is 0. The number of halogens is 2. The minimum atomic E-state index is 0.645. The van der Waals surface area contributed by atoms with Crippen molar-refractivity contribution in [2.24, 2.45) is 11.8 Å². The van der Waals surface area contributed by atoms with Gasteiger partial charge in [-0.05, 0) is 24.7 Å². The van der Waals surface area contributed by atoms with Gasteiger partial charge < -0.3 is 0 Å². The molecule has 0 aliphatic heterocycles. The first kappa shape index (κ1) is 7.35. The molecule has 0 heterocycles. The van der Waals surface area contributed by atoms with E-state index >= 15 is 0 Å². The Balaban J connectivity index is 2.13. The quantitative estimate of drug-likeness (QED) is 0.466. The Bertz CT molecular complexity index is 143. The minimum Gasteiger partial charge on any atom is -0.0842 e. The largest absolute Gasteiger partial charge is 0.0842 e. The lowest BCUT2D eigenvalue weighted by atomic mass is 9.74. The molecule has 0 aromatic carbocycles. The molecule has 0 aromatic heterocycles. The van der Waals surface area contributed by atoms with E-state index in [0.717, 1.165) is 11.8 Å². The van der Waals surface area contributed by atoms with Gasteiger partial charge in [0, 0.05) is 9.65 Å². The summed E-state index contributed by atoms with van der Waals surface area (Å²) >= 11 is 7.32. The Morgan fingerprint density at radius 1 is 0.900 bits per heavy atom. The molecule has 0 amide bonds. The average molecular weight is 266 g/mol. The van der Waals surface area contributed by atoms with E-state index in [1.807, 2.05) is 0 Å². The molecule has 0 N–H and O–H groups in total. The van der Waals surface area contributed by atoms with E-state index in [-0.39, 0.29) is 0 Å². The molecule has 56 valence electrons. The second kappa shape index (κ2) is 2.63. The van der Waals surface area contributed by atoms with Gasteiger partial charge in [0.2, 0.25) is 0 Å². The summed E-state index contributed by atoms with van der Waals surface area (Å²) in [6.07, 6.45) is 7.38. The highest BCUT2D eigenvalue weighted by Gasteiger charge is 2.38. The Morgan fingerprint density at radius 3 is 1.70 bits per heavy atom. The summed E-state index contributed by atoms with van der Waals surface area (Å²) in [5, 5.41) is 0. The van der Waals surface area contributed by atoms with Crippen LogP contribution in [0, 0.1) is 11.8 Å². The van der Waals surface area contributed by atoms with E-state index in [9.17, 15) is 0 Å². The predicted octanol–water partition coefficient (Wildman–Crippen LogP) is 3.11. The monoisotopic (exact) mass is 264 g/mol. The summed E-state index contributed by atoms with van der Waals surface area (Å²) in [4.78, 5) is 1.29. The number of hydrogen-bond donors (Lipinski definition) is 0. The van der Waals surface area contributed by atoms with E-state index in [2.05, 4.69) is 44.0 Å². The molecule has 2 heteroatoms. The fraction of sp³-hybridized carbons (Fsp3) is 0.750. The standard InChI is InChI=1S/C8H10Br2/c9-7-1-2-8(10)6-3-5(7)4-6/h1-2,5-8H,3-4H2/t5?,6?,7-,8-/m1/s1. The third-order valence-electron chi connectivity index (χ3n) is 2.59. The van der Waals surface area contributed by atoms with Crippen LogP contribution in [-0.2, 0) is 0 Å². The molecule has 0 saturated heterocycles. The zero-order valence-electron chi connectivity index (χ0n) is 5.63. The Hall–Kier alpha value is 0.700. The molecule has 3 rings (SSSR count). The topological polar surface area (TPSA) is 0 Å². The fourth-order valence-corrected chi connectivity index (χ4v) is 2.97. The lowest BCUT2D eigenvalue weighted by molar-refractivity contribution is 0.219. The highest BCUT2D eigenvalue weighted by Crippen LogP contribution is 2.45. The lowest BCUT2D eigenvalue weighted by Gasteiger charge is -2.36. The van der Waals surface area contributed by atoms with E-state index < -0.39 is 0 Å². The molecule has 0 aromatic rings. The molecular formula is C8H10Br2. The summed E-state index contributed by atoms with van der Waals surface area (Å²) in [6.45, 7) is 0. The molecule has 3 aliphatic carbocycles. The number of allylic oxidation sites excluding steroid dienone is 2. The smallest absolute Gasteiger partial charge is 0.0354 e. The van der Waals surface area contributed by atoms with E-state index in [1.54, 1.807) is 0 Å². The van der Waals surface area contributed by atoms with E-state index in [0.29, 0.717) is 9.65 Å². The van der Waals surface area contributed by atoms with Crippen LogP contribution < -0.4 is 0 Å². The van der Waals surface area contributed by atoms with Crippen LogP contribution in [0.5, 0.6) is 0 Å². The van der Waals surface area contributed by atoms with Gasteiger partial charge >= 0.3 is 0 Å². The molecular weight excluding hydrogens is 256 g/mol. The molecule has 1 fully saturated rings. The van der Waals surface area contributed by atoms with Crippen molar-refractivity contribution >= 4 is 31.9 Å². The van der Waals surface area contributed by atoms with Gasteiger partial charge in [-0.25, -0.2) is 0 Å². The lowest BCUT2D eigenvalue weighted by Crippen LogP contribution is -2.31. The zero-order valence-corrected chi connectivity index (χ0v) is 8.81. The summed E-state index contributed by atoms with van der Waals surface area (Å²) < 4.78 is 0. The van der Waals surface area contributed by atoms with Crippen LogP contribution in [0.15, 0.2) is 12.2 Å². The molecule has 3 aliphatic rings. The van der Waals surface area contributed by atoms with Crippen LogP contribution >= 0.6 is 31.9 Å². The third kappa shape index (κ3) is 1.10. The highest BCUT2D eigenvalue weighted by molar-refractivity contribution is 9.10. The summed E-state index contributed by atoms with van der Waals surface area (Å²) in [6, 6.07) is 0. The van der Waals surface area contributed by atoms with Crippen molar-refractivity contribution in [1.29, 1.82) is 0 Å². The van der Waals surface area contributed by atoms with Gasteiger partial charge in [0.15, 0.2) is 0 Å². The first-order chi connectivity index (χ1) is 4.77. The molecule has 2 bridgehead atoms. The van der Waals surface area contributed by atoms with E-state index in [4.69, 9.17) is 0 Å². The molecule has 0 radical (unpaired) electrons. The molecule has 2 atom stereocenters. The Labute approximate surface area is 78.3 Å². The maximum atomic E-state index is 3.66. The van der Waals surface area contributed by atoms with Crippen molar-refractivity contribution in [2.45, 2.75) is 22.5 Å². The van der Waals surface area contributed by atoms with Crippen LogP contribution in [0.1, 0.15) is 12.8 Å². The maximum Gasteiger partial charge on any atom is 0.0354 e. The van der Waals surface area contributed by atoms with Gasteiger partial charge in [-0.2, -0.15) is 0 Å². The van der Waals surface area contributed by atoms with Crippen LogP contribution in [0.2, 0.25) is 0 Å². The number of alkyl halides is 2. The molecule has 0 unspecified atom stereocenters. The normalized spacial score (nSPS) is 51.8. The number of fused-ring (bicyclic) bond motifs is 2. The van der Waals surface area contributed by atoms with Gasteiger partial charge in [0.05, 0.1) is 0 Å². The third-order valence-corrected chi connectivity index (χ3v) is 4.70. The molecule has 0 spiro atoms. The predicted molar refractivity (Wildman–Crippen MR) is 50.8 cm³/mol. The van der Waals surface area contributed by atoms with Crippen LogP contribution in [0.25, 0.3) is 0 Å². The van der Waals surface area contributed by atoms with Gasteiger partial charge in [-0.15, -0.1) is 0 Å². The van der Waals surface area contributed by atoms with Gasteiger partial charge in [-0.1, -0.05) is 44.0 Å². The van der Waals surface area contributed by atoms with Crippen molar-refractivity contribution in [3.05, 3.63) is 12.2 Å². The van der Waals surface area contributed by atoms with Crippen LogP contribution in [0.4, 0.5) is 0 Å². The second-order valence-electron chi connectivity index (χ2n) is 3.27. The molecule has 0 nitrogen and oxygen atoms in total. The highest BCUT2D eigenvalue weighted by atomic mass is 79.9.